The Morgan fingerprint density at radius 2 is 1.91 bits per heavy atom. The van der Waals surface area contributed by atoms with E-state index in [1.165, 1.54) is 29.1 Å². The zero-order chi connectivity index (χ0) is 23.3. The number of carbonyl (C=O) groups is 1. The standard InChI is InChI=1S/C23H18N4O6/c1-13-7-17(14(2)26(13)15-4-6-21-22(9-15)33-12-32-21)20(28)10-25-11-24-19-5-3-16(27(30)31)8-18(19)23(25)29/h3-9,11H,10,12H2,1-2H3. The lowest BCUT2D eigenvalue weighted by atomic mass is 10.1. The number of hydrogen-bond acceptors (Lipinski definition) is 7. The van der Waals surface area contributed by atoms with Gasteiger partial charge in [0.15, 0.2) is 17.3 Å². The van der Waals surface area contributed by atoms with Crippen molar-refractivity contribution in [2.75, 3.05) is 6.79 Å². The number of ketones is 1. The third-order valence-electron chi connectivity index (χ3n) is 5.68. The lowest BCUT2D eigenvalue weighted by molar-refractivity contribution is -0.384. The highest BCUT2D eigenvalue weighted by atomic mass is 16.7. The van der Waals surface area contributed by atoms with E-state index in [0.29, 0.717) is 28.3 Å². The second kappa shape index (κ2) is 7.59. The third-order valence-corrected chi connectivity index (χ3v) is 5.68. The van der Waals surface area contributed by atoms with E-state index in [4.69, 9.17) is 9.47 Å². The number of nitro benzene ring substituents is 1. The summed E-state index contributed by atoms with van der Waals surface area (Å²) in [6.07, 6.45) is 1.28. The van der Waals surface area contributed by atoms with Crippen molar-refractivity contribution in [3.8, 4) is 17.2 Å². The van der Waals surface area contributed by atoms with Crippen LogP contribution >= 0.6 is 0 Å². The molecule has 0 saturated heterocycles. The van der Waals surface area contributed by atoms with E-state index in [1.54, 1.807) is 6.07 Å². The Hall–Kier alpha value is -4.47. The number of hydrogen-bond donors (Lipinski definition) is 0. The Labute approximate surface area is 186 Å². The average molecular weight is 446 g/mol. The molecule has 0 spiro atoms. The van der Waals surface area contributed by atoms with Crippen LogP contribution in [0.3, 0.4) is 0 Å². The highest BCUT2D eigenvalue weighted by Gasteiger charge is 2.20. The molecule has 166 valence electrons. The maximum atomic E-state index is 13.1. The van der Waals surface area contributed by atoms with Gasteiger partial charge in [0.2, 0.25) is 6.79 Å². The first-order valence-corrected chi connectivity index (χ1v) is 10.1. The van der Waals surface area contributed by atoms with E-state index in [1.807, 2.05) is 36.6 Å². The normalized spacial score (nSPS) is 12.3. The average Bonchev–Trinajstić information content (AvgIpc) is 3.38. The number of benzene rings is 2. The highest BCUT2D eigenvalue weighted by molar-refractivity contribution is 5.97. The number of nitro groups is 1. The van der Waals surface area contributed by atoms with Crippen molar-refractivity contribution in [3.05, 3.63) is 86.2 Å². The second-order valence-corrected chi connectivity index (χ2v) is 7.72. The van der Waals surface area contributed by atoms with Crippen LogP contribution < -0.4 is 15.0 Å². The molecule has 1 aliphatic rings. The summed E-state index contributed by atoms with van der Waals surface area (Å²) in [5.41, 5.74) is 2.46. The number of aryl methyl sites for hydroxylation is 1. The summed E-state index contributed by atoms with van der Waals surface area (Å²) >= 11 is 0. The van der Waals surface area contributed by atoms with Crippen LogP contribution in [-0.4, -0.2) is 31.6 Å². The zero-order valence-corrected chi connectivity index (χ0v) is 17.8. The minimum Gasteiger partial charge on any atom is -0.454 e. The van der Waals surface area contributed by atoms with Crippen molar-refractivity contribution in [1.82, 2.24) is 14.1 Å². The zero-order valence-electron chi connectivity index (χ0n) is 17.8. The van der Waals surface area contributed by atoms with E-state index >= 15 is 0 Å². The van der Waals surface area contributed by atoms with Crippen LogP contribution in [0.1, 0.15) is 21.7 Å². The molecule has 3 heterocycles. The Morgan fingerprint density at radius 1 is 1.12 bits per heavy atom. The van der Waals surface area contributed by atoms with Crippen molar-refractivity contribution in [1.29, 1.82) is 0 Å². The summed E-state index contributed by atoms with van der Waals surface area (Å²) < 4.78 is 13.9. The summed E-state index contributed by atoms with van der Waals surface area (Å²) in [6, 6.07) is 11.2. The minimum atomic E-state index is -0.577. The third kappa shape index (κ3) is 3.41. The molecule has 1 aliphatic heterocycles. The van der Waals surface area contributed by atoms with E-state index in [2.05, 4.69) is 4.98 Å². The van der Waals surface area contributed by atoms with Crippen molar-refractivity contribution in [3.63, 3.8) is 0 Å². The van der Waals surface area contributed by atoms with Gasteiger partial charge in [-0.15, -0.1) is 0 Å². The molecule has 0 N–H and O–H groups in total. The topological polar surface area (TPSA) is 118 Å². The van der Waals surface area contributed by atoms with Crippen molar-refractivity contribution < 1.29 is 19.2 Å². The van der Waals surface area contributed by atoms with Gasteiger partial charge in [0.25, 0.3) is 11.2 Å². The van der Waals surface area contributed by atoms with Crippen molar-refractivity contribution in [2.24, 2.45) is 0 Å². The number of non-ortho nitro benzene ring substituents is 1. The fourth-order valence-corrected chi connectivity index (χ4v) is 4.08. The van der Waals surface area contributed by atoms with Gasteiger partial charge in [-0.2, -0.15) is 0 Å². The number of ether oxygens (including phenoxy) is 2. The quantitative estimate of drug-likeness (QED) is 0.262. The largest absolute Gasteiger partial charge is 0.454 e. The predicted molar refractivity (Wildman–Crippen MR) is 118 cm³/mol. The Bertz CT molecular complexity index is 1520. The van der Waals surface area contributed by atoms with Gasteiger partial charge >= 0.3 is 0 Å². The summed E-state index contributed by atoms with van der Waals surface area (Å²) in [6.45, 7) is 3.65. The van der Waals surface area contributed by atoms with Crippen LogP contribution in [0.15, 0.2) is 53.6 Å². The van der Waals surface area contributed by atoms with Crippen LogP contribution in [0.2, 0.25) is 0 Å². The van der Waals surface area contributed by atoms with Crippen molar-refractivity contribution in [2.45, 2.75) is 20.4 Å². The number of carbonyl (C=O) groups excluding carboxylic acids is 1. The van der Waals surface area contributed by atoms with Gasteiger partial charge < -0.3 is 14.0 Å². The number of Topliss-reactive ketones (excluding diaryl/α,β-unsaturated/α-hetero) is 1. The predicted octanol–water partition coefficient (Wildman–Crippen LogP) is 3.32. The van der Waals surface area contributed by atoms with Gasteiger partial charge in [0.1, 0.15) is 0 Å². The van der Waals surface area contributed by atoms with Gasteiger partial charge in [-0.25, -0.2) is 4.98 Å². The number of aromatic nitrogens is 3. The maximum Gasteiger partial charge on any atom is 0.270 e. The van der Waals surface area contributed by atoms with Crippen LogP contribution in [0, 0.1) is 24.0 Å². The molecule has 2 aromatic carbocycles. The van der Waals surface area contributed by atoms with Gasteiger partial charge in [-0.3, -0.25) is 24.3 Å². The van der Waals surface area contributed by atoms with Gasteiger partial charge in [-0.1, -0.05) is 0 Å². The smallest absolute Gasteiger partial charge is 0.270 e. The molecular weight excluding hydrogens is 428 g/mol. The molecule has 0 amide bonds. The molecule has 0 aliphatic carbocycles. The highest BCUT2D eigenvalue weighted by Crippen LogP contribution is 2.35. The molecule has 33 heavy (non-hydrogen) atoms. The van der Waals surface area contributed by atoms with E-state index < -0.39 is 10.5 Å². The molecule has 10 heteroatoms. The Kier molecular flexibility index (Phi) is 4.70. The summed E-state index contributed by atoms with van der Waals surface area (Å²) in [5, 5.41) is 11.1. The number of nitrogens with zero attached hydrogens (tertiary/aromatic N) is 4. The molecule has 10 nitrogen and oxygen atoms in total. The second-order valence-electron chi connectivity index (χ2n) is 7.72. The van der Waals surface area contributed by atoms with Gasteiger partial charge in [0, 0.05) is 40.8 Å². The molecule has 0 unspecified atom stereocenters. The first kappa shape index (κ1) is 20.4. The lowest BCUT2D eigenvalue weighted by Gasteiger charge is -2.11. The fourth-order valence-electron chi connectivity index (χ4n) is 4.08. The molecule has 4 aromatic rings. The lowest BCUT2D eigenvalue weighted by Crippen LogP contribution is -2.25. The molecule has 0 radical (unpaired) electrons. The monoisotopic (exact) mass is 446 g/mol. The minimum absolute atomic E-state index is 0.0883. The van der Waals surface area contributed by atoms with E-state index in [-0.39, 0.29) is 30.2 Å². The van der Waals surface area contributed by atoms with E-state index in [9.17, 15) is 19.7 Å². The first-order valence-electron chi connectivity index (χ1n) is 10.1. The molecular formula is C23H18N4O6. The number of rotatable bonds is 5. The fraction of sp³-hybridized carbons (Fsp3) is 0.174. The molecule has 0 bridgehead atoms. The van der Waals surface area contributed by atoms with Gasteiger partial charge in [0.05, 0.1) is 28.7 Å². The maximum absolute atomic E-state index is 13.1. The van der Waals surface area contributed by atoms with Crippen LogP contribution in [-0.2, 0) is 6.54 Å². The summed E-state index contributed by atoms with van der Waals surface area (Å²) in [5.74, 6) is 1.03. The SMILES string of the molecule is Cc1cc(C(=O)Cn2cnc3ccc([N+](=O)[O-])cc3c2=O)c(C)n1-c1ccc2c(c1)OCO2. The molecule has 2 aromatic heterocycles. The molecule has 0 atom stereocenters. The van der Waals surface area contributed by atoms with Gasteiger partial charge in [-0.05, 0) is 38.1 Å². The molecule has 0 fully saturated rings. The van der Waals surface area contributed by atoms with Crippen LogP contribution in [0.5, 0.6) is 11.5 Å². The first-order chi connectivity index (χ1) is 15.8. The Morgan fingerprint density at radius 3 is 2.70 bits per heavy atom. The Balaban J connectivity index is 1.49. The summed E-state index contributed by atoms with van der Waals surface area (Å²) in [7, 11) is 0. The molecule has 0 saturated carbocycles. The van der Waals surface area contributed by atoms with Crippen LogP contribution in [0.4, 0.5) is 5.69 Å². The van der Waals surface area contributed by atoms with Crippen LogP contribution in [0.25, 0.3) is 16.6 Å². The summed E-state index contributed by atoms with van der Waals surface area (Å²) in [4.78, 5) is 40.7. The van der Waals surface area contributed by atoms with Crippen molar-refractivity contribution >= 4 is 22.4 Å². The number of fused-ring (bicyclic) bond motifs is 2. The van der Waals surface area contributed by atoms with E-state index in [0.717, 1.165) is 11.4 Å². The molecule has 5 rings (SSSR count).